The molecule has 2 aromatic carbocycles. The molecule has 1 heterocycles. The zero-order chi connectivity index (χ0) is 15.7. The molecule has 22 heavy (non-hydrogen) atoms. The van der Waals surface area contributed by atoms with Gasteiger partial charge in [0.2, 0.25) is 0 Å². The summed E-state index contributed by atoms with van der Waals surface area (Å²) in [6.07, 6.45) is 1.22. The van der Waals surface area contributed by atoms with E-state index in [0.29, 0.717) is 22.2 Å². The molecule has 0 bridgehead atoms. The monoisotopic (exact) mass is 302 g/mol. The Morgan fingerprint density at radius 1 is 1.18 bits per heavy atom. The summed E-state index contributed by atoms with van der Waals surface area (Å²) in [7, 11) is 1.52. The van der Waals surface area contributed by atoms with Crippen LogP contribution in [0.3, 0.4) is 0 Å². The van der Waals surface area contributed by atoms with Crippen LogP contribution in [0, 0.1) is 11.6 Å². The van der Waals surface area contributed by atoms with E-state index in [0.717, 1.165) is 12.1 Å². The van der Waals surface area contributed by atoms with Gasteiger partial charge in [0.1, 0.15) is 11.4 Å². The topological polar surface area (TPSA) is 57.6 Å². The minimum Gasteiger partial charge on any atom is -0.497 e. The second-order valence-corrected chi connectivity index (χ2v) is 4.63. The van der Waals surface area contributed by atoms with Gasteiger partial charge in [-0.3, -0.25) is 0 Å². The normalized spacial score (nSPS) is 11.4. The molecule has 0 aliphatic heterocycles. The number of benzene rings is 2. The summed E-state index contributed by atoms with van der Waals surface area (Å²) in [4.78, 5) is 6.58. The van der Waals surface area contributed by atoms with Gasteiger partial charge in [-0.05, 0) is 30.3 Å². The van der Waals surface area contributed by atoms with Crippen LogP contribution in [0.1, 0.15) is 5.56 Å². The standard InChI is InChI=1S/C16H12F2N2O2/c1-22-9-5-6-14-10(7-9)11(16(21)20-14)8-19-15-12(17)3-2-4-13(15)18/h2-8,20-21H,1H3. The SMILES string of the molecule is COc1ccc2[nH]c(O)c(C=Nc3c(F)cccc3F)c2c1. The number of nitrogens with one attached hydrogen (secondary N) is 1. The number of aromatic hydroxyl groups is 1. The predicted octanol–water partition coefficient (Wildman–Crippen LogP) is 3.91. The number of hydrogen-bond donors (Lipinski definition) is 2. The van der Waals surface area contributed by atoms with Crippen molar-refractivity contribution in [2.75, 3.05) is 7.11 Å². The molecule has 0 saturated carbocycles. The summed E-state index contributed by atoms with van der Waals surface area (Å²) in [6, 6.07) is 8.66. The molecule has 0 unspecified atom stereocenters. The lowest BCUT2D eigenvalue weighted by molar-refractivity contribution is 0.415. The van der Waals surface area contributed by atoms with E-state index in [4.69, 9.17) is 4.74 Å². The molecule has 4 nitrogen and oxygen atoms in total. The molecule has 0 radical (unpaired) electrons. The lowest BCUT2D eigenvalue weighted by Gasteiger charge is -2.00. The van der Waals surface area contributed by atoms with E-state index in [-0.39, 0.29) is 5.88 Å². The number of para-hydroxylation sites is 1. The van der Waals surface area contributed by atoms with E-state index in [1.54, 1.807) is 18.2 Å². The summed E-state index contributed by atoms with van der Waals surface area (Å²) in [5.41, 5.74) is 0.587. The number of rotatable bonds is 3. The Balaban J connectivity index is 2.10. The molecule has 0 atom stereocenters. The molecule has 6 heteroatoms. The van der Waals surface area contributed by atoms with E-state index < -0.39 is 17.3 Å². The van der Waals surface area contributed by atoms with Crippen molar-refractivity contribution < 1.29 is 18.6 Å². The molecule has 0 saturated heterocycles. The van der Waals surface area contributed by atoms with Gasteiger partial charge in [0, 0.05) is 17.1 Å². The van der Waals surface area contributed by atoms with Crippen molar-refractivity contribution in [3.8, 4) is 11.6 Å². The lowest BCUT2D eigenvalue weighted by atomic mass is 10.1. The highest BCUT2D eigenvalue weighted by Gasteiger charge is 2.11. The Morgan fingerprint density at radius 2 is 1.91 bits per heavy atom. The van der Waals surface area contributed by atoms with Gasteiger partial charge in [0.05, 0.1) is 12.7 Å². The Labute approximate surface area is 124 Å². The second-order valence-electron chi connectivity index (χ2n) is 4.63. The molecule has 3 aromatic rings. The van der Waals surface area contributed by atoms with E-state index >= 15 is 0 Å². The fourth-order valence-corrected chi connectivity index (χ4v) is 2.18. The number of H-pyrrole nitrogens is 1. The Kier molecular flexibility index (Phi) is 3.50. The maximum absolute atomic E-state index is 13.6. The molecule has 2 N–H and O–H groups in total. The first-order valence-electron chi connectivity index (χ1n) is 6.47. The van der Waals surface area contributed by atoms with Crippen molar-refractivity contribution >= 4 is 22.8 Å². The van der Waals surface area contributed by atoms with Crippen LogP contribution in [-0.2, 0) is 0 Å². The molecule has 3 rings (SSSR count). The average Bonchev–Trinajstić information content (AvgIpc) is 2.81. The molecule has 112 valence electrons. The molecule has 0 aliphatic rings. The third-order valence-corrected chi connectivity index (χ3v) is 3.29. The van der Waals surface area contributed by atoms with Crippen molar-refractivity contribution in [1.29, 1.82) is 0 Å². The van der Waals surface area contributed by atoms with Crippen LogP contribution in [0.4, 0.5) is 14.5 Å². The highest BCUT2D eigenvalue weighted by Crippen LogP contribution is 2.30. The molecule has 0 amide bonds. The van der Waals surface area contributed by atoms with E-state index in [2.05, 4.69) is 9.98 Å². The van der Waals surface area contributed by atoms with Gasteiger partial charge in [-0.15, -0.1) is 0 Å². The molecular formula is C16H12F2N2O2. The van der Waals surface area contributed by atoms with Gasteiger partial charge in [0.25, 0.3) is 0 Å². The van der Waals surface area contributed by atoms with Crippen LogP contribution in [0.2, 0.25) is 0 Å². The minimum absolute atomic E-state index is 0.135. The number of fused-ring (bicyclic) bond motifs is 1. The Hall–Kier alpha value is -2.89. The Bertz CT molecular complexity index is 852. The average molecular weight is 302 g/mol. The lowest BCUT2D eigenvalue weighted by Crippen LogP contribution is -1.85. The van der Waals surface area contributed by atoms with Crippen LogP contribution in [0.15, 0.2) is 41.4 Å². The fraction of sp³-hybridized carbons (Fsp3) is 0.0625. The van der Waals surface area contributed by atoms with Gasteiger partial charge in [0.15, 0.2) is 17.5 Å². The number of halogens is 2. The summed E-state index contributed by atoms with van der Waals surface area (Å²) < 4.78 is 32.3. The zero-order valence-electron chi connectivity index (χ0n) is 11.6. The number of aromatic nitrogens is 1. The van der Waals surface area contributed by atoms with Crippen LogP contribution in [0.25, 0.3) is 10.9 Å². The maximum atomic E-state index is 13.6. The number of hydrogen-bond acceptors (Lipinski definition) is 3. The predicted molar refractivity (Wildman–Crippen MR) is 80.1 cm³/mol. The highest BCUT2D eigenvalue weighted by molar-refractivity contribution is 6.03. The third kappa shape index (κ3) is 2.39. The highest BCUT2D eigenvalue weighted by atomic mass is 19.1. The largest absolute Gasteiger partial charge is 0.497 e. The number of aliphatic imine (C=N–C) groups is 1. The minimum atomic E-state index is -0.770. The van der Waals surface area contributed by atoms with Crippen LogP contribution < -0.4 is 4.74 Å². The number of nitrogens with zero attached hydrogens (tertiary/aromatic N) is 1. The number of aromatic amines is 1. The maximum Gasteiger partial charge on any atom is 0.198 e. The quantitative estimate of drug-likeness (QED) is 0.721. The van der Waals surface area contributed by atoms with E-state index in [9.17, 15) is 13.9 Å². The van der Waals surface area contributed by atoms with Gasteiger partial charge >= 0.3 is 0 Å². The van der Waals surface area contributed by atoms with Crippen LogP contribution in [-0.4, -0.2) is 23.4 Å². The number of ether oxygens (including phenoxy) is 1. The van der Waals surface area contributed by atoms with Gasteiger partial charge in [-0.2, -0.15) is 0 Å². The van der Waals surface area contributed by atoms with Crippen molar-refractivity contribution in [2.45, 2.75) is 0 Å². The van der Waals surface area contributed by atoms with Crippen molar-refractivity contribution in [3.63, 3.8) is 0 Å². The Morgan fingerprint density at radius 3 is 2.59 bits per heavy atom. The molecular weight excluding hydrogens is 290 g/mol. The van der Waals surface area contributed by atoms with Crippen molar-refractivity contribution in [3.05, 3.63) is 53.6 Å². The molecule has 0 aliphatic carbocycles. The first kappa shape index (κ1) is 14.1. The van der Waals surface area contributed by atoms with Gasteiger partial charge in [-0.1, -0.05) is 6.07 Å². The van der Waals surface area contributed by atoms with Gasteiger partial charge < -0.3 is 14.8 Å². The van der Waals surface area contributed by atoms with E-state index in [1.807, 2.05) is 0 Å². The smallest absolute Gasteiger partial charge is 0.198 e. The van der Waals surface area contributed by atoms with Crippen molar-refractivity contribution in [1.82, 2.24) is 4.98 Å². The van der Waals surface area contributed by atoms with Crippen LogP contribution >= 0.6 is 0 Å². The third-order valence-electron chi connectivity index (χ3n) is 3.29. The molecule has 0 fully saturated rings. The van der Waals surface area contributed by atoms with Crippen molar-refractivity contribution in [2.24, 2.45) is 4.99 Å². The van der Waals surface area contributed by atoms with Crippen LogP contribution in [0.5, 0.6) is 11.6 Å². The first-order valence-corrected chi connectivity index (χ1v) is 6.47. The zero-order valence-corrected chi connectivity index (χ0v) is 11.6. The first-order chi connectivity index (χ1) is 10.6. The summed E-state index contributed by atoms with van der Waals surface area (Å²) in [6.45, 7) is 0. The number of methoxy groups -OCH3 is 1. The summed E-state index contributed by atoms with van der Waals surface area (Å²) >= 11 is 0. The molecule has 1 aromatic heterocycles. The summed E-state index contributed by atoms with van der Waals surface area (Å²) in [5.74, 6) is -1.08. The molecule has 0 spiro atoms. The fourth-order valence-electron chi connectivity index (χ4n) is 2.18. The summed E-state index contributed by atoms with van der Waals surface area (Å²) in [5, 5.41) is 10.6. The van der Waals surface area contributed by atoms with Gasteiger partial charge in [-0.25, -0.2) is 13.8 Å². The second kappa shape index (κ2) is 5.48. The van der Waals surface area contributed by atoms with E-state index in [1.165, 1.54) is 19.4 Å².